The molecule has 0 saturated heterocycles. The van der Waals surface area contributed by atoms with Crippen molar-refractivity contribution in [3.63, 3.8) is 0 Å². The molecule has 2 aromatic rings. The minimum atomic E-state index is 0.434. The molecule has 0 bridgehead atoms. The Kier molecular flexibility index (Phi) is 3.15. The summed E-state index contributed by atoms with van der Waals surface area (Å²) in [5, 5.41) is 16.3. The van der Waals surface area contributed by atoms with Crippen molar-refractivity contribution in [1.82, 2.24) is 9.78 Å². The lowest BCUT2D eigenvalue weighted by atomic mass is 10.2. The molecule has 88 valence electrons. The fourth-order valence-electron chi connectivity index (χ4n) is 1.57. The summed E-state index contributed by atoms with van der Waals surface area (Å²) in [5.41, 5.74) is 3.38. The van der Waals surface area contributed by atoms with Gasteiger partial charge in [0.1, 0.15) is 5.15 Å². The Bertz CT molecular complexity index is 558. The van der Waals surface area contributed by atoms with Crippen LogP contribution in [-0.4, -0.2) is 21.2 Å². The van der Waals surface area contributed by atoms with Crippen LogP contribution in [0.4, 0.5) is 0 Å². The SMILES string of the molecule is Cc1ccc(-n2nc(C)c(C=NO)c2Cl)cc1. The molecular formula is C12H12ClN3O. The van der Waals surface area contributed by atoms with Gasteiger partial charge in [0.05, 0.1) is 23.2 Å². The molecule has 0 aliphatic heterocycles. The summed E-state index contributed by atoms with van der Waals surface area (Å²) in [6, 6.07) is 7.85. The van der Waals surface area contributed by atoms with Gasteiger partial charge in [-0.15, -0.1) is 0 Å². The van der Waals surface area contributed by atoms with Crippen LogP contribution in [0.3, 0.4) is 0 Å². The van der Waals surface area contributed by atoms with Crippen molar-refractivity contribution in [2.24, 2.45) is 5.16 Å². The molecular weight excluding hydrogens is 238 g/mol. The second-order valence-electron chi connectivity index (χ2n) is 3.78. The normalized spacial score (nSPS) is 11.2. The second-order valence-corrected chi connectivity index (χ2v) is 4.14. The van der Waals surface area contributed by atoms with Gasteiger partial charge in [-0.3, -0.25) is 0 Å². The third-order valence-electron chi connectivity index (χ3n) is 2.51. The highest BCUT2D eigenvalue weighted by molar-refractivity contribution is 6.32. The molecule has 0 unspecified atom stereocenters. The molecule has 0 spiro atoms. The van der Waals surface area contributed by atoms with Crippen molar-refractivity contribution in [2.75, 3.05) is 0 Å². The summed E-state index contributed by atoms with van der Waals surface area (Å²) >= 11 is 6.18. The van der Waals surface area contributed by atoms with Gasteiger partial charge in [-0.2, -0.15) is 5.10 Å². The Morgan fingerprint density at radius 2 is 1.94 bits per heavy atom. The summed E-state index contributed by atoms with van der Waals surface area (Å²) in [6.45, 7) is 3.83. The Labute approximate surface area is 104 Å². The summed E-state index contributed by atoms with van der Waals surface area (Å²) in [6.07, 6.45) is 1.29. The highest BCUT2D eigenvalue weighted by Gasteiger charge is 2.12. The van der Waals surface area contributed by atoms with Crippen LogP contribution < -0.4 is 0 Å². The number of hydrogen-bond acceptors (Lipinski definition) is 3. The third-order valence-corrected chi connectivity index (χ3v) is 2.88. The summed E-state index contributed by atoms with van der Waals surface area (Å²) < 4.78 is 1.62. The molecule has 0 aliphatic carbocycles. The molecule has 0 radical (unpaired) electrons. The average Bonchev–Trinajstić information content (AvgIpc) is 2.59. The maximum atomic E-state index is 8.56. The van der Waals surface area contributed by atoms with Crippen molar-refractivity contribution >= 4 is 17.8 Å². The van der Waals surface area contributed by atoms with E-state index in [2.05, 4.69) is 10.3 Å². The lowest BCUT2D eigenvalue weighted by Gasteiger charge is -2.03. The van der Waals surface area contributed by atoms with E-state index in [0.29, 0.717) is 16.4 Å². The Morgan fingerprint density at radius 1 is 1.29 bits per heavy atom. The summed E-state index contributed by atoms with van der Waals surface area (Å²) in [7, 11) is 0. The maximum absolute atomic E-state index is 8.56. The topological polar surface area (TPSA) is 50.4 Å². The van der Waals surface area contributed by atoms with Crippen molar-refractivity contribution in [3.8, 4) is 5.69 Å². The van der Waals surface area contributed by atoms with E-state index >= 15 is 0 Å². The zero-order chi connectivity index (χ0) is 12.4. The maximum Gasteiger partial charge on any atom is 0.142 e. The molecule has 0 amide bonds. The first-order valence-corrected chi connectivity index (χ1v) is 5.51. The molecule has 0 fully saturated rings. The Balaban J connectivity index is 2.53. The van der Waals surface area contributed by atoms with Crippen LogP contribution in [0, 0.1) is 13.8 Å². The predicted octanol–water partition coefficient (Wildman–Crippen LogP) is 2.95. The minimum Gasteiger partial charge on any atom is -0.411 e. The van der Waals surface area contributed by atoms with E-state index in [0.717, 1.165) is 5.69 Å². The van der Waals surface area contributed by atoms with Gasteiger partial charge in [0.15, 0.2) is 0 Å². The number of benzene rings is 1. The van der Waals surface area contributed by atoms with Gasteiger partial charge in [-0.05, 0) is 26.0 Å². The fraction of sp³-hybridized carbons (Fsp3) is 0.167. The molecule has 0 saturated carbocycles. The molecule has 0 aliphatic rings. The number of nitrogens with zero attached hydrogens (tertiary/aromatic N) is 3. The Morgan fingerprint density at radius 3 is 2.53 bits per heavy atom. The fourth-order valence-corrected chi connectivity index (χ4v) is 1.89. The smallest absolute Gasteiger partial charge is 0.142 e. The van der Waals surface area contributed by atoms with Crippen LogP contribution in [-0.2, 0) is 0 Å². The first kappa shape index (κ1) is 11.7. The van der Waals surface area contributed by atoms with E-state index in [1.54, 1.807) is 4.68 Å². The molecule has 1 aromatic heterocycles. The first-order valence-electron chi connectivity index (χ1n) is 5.13. The van der Waals surface area contributed by atoms with E-state index in [-0.39, 0.29) is 0 Å². The third kappa shape index (κ3) is 2.17. The molecule has 0 atom stereocenters. The average molecular weight is 250 g/mol. The first-order chi connectivity index (χ1) is 8.13. The van der Waals surface area contributed by atoms with Crippen molar-refractivity contribution in [1.29, 1.82) is 0 Å². The van der Waals surface area contributed by atoms with Gasteiger partial charge < -0.3 is 5.21 Å². The molecule has 1 aromatic carbocycles. The number of aryl methyl sites for hydroxylation is 2. The lowest BCUT2D eigenvalue weighted by Crippen LogP contribution is -1.96. The van der Waals surface area contributed by atoms with Crippen LogP contribution in [0.5, 0.6) is 0 Å². The van der Waals surface area contributed by atoms with Gasteiger partial charge >= 0.3 is 0 Å². The van der Waals surface area contributed by atoms with E-state index in [1.165, 1.54) is 11.8 Å². The van der Waals surface area contributed by atoms with Crippen LogP contribution in [0.25, 0.3) is 5.69 Å². The summed E-state index contributed by atoms with van der Waals surface area (Å²) in [5.74, 6) is 0. The Hall–Kier alpha value is -1.81. The minimum absolute atomic E-state index is 0.434. The molecule has 1 heterocycles. The highest BCUT2D eigenvalue weighted by Crippen LogP contribution is 2.22. The van der Waals surface area contributed by atoms with E-state index in [4.69, 9.17) is 16.8 Å². The number of aromatic nitrogens is 2. The largest absolute Gasteiger partial charge is 0.411 e. The van der Waals surface area contributed by atoms with Gasteiger partial charge in [-0.25, -0.2) is 4.68 Å². The van der Waals surface area contributed by atoms with Gasteiger partial charge in [-0.1, -0.05) is 34.5 Å². The molecule has 1 N–H and O–H groups in total. The monoisotopic (exact) mass is 249 g/mol. The van der Waals surface area contributed by atoms with Crippen molar-refractivity contribution < 1.29 is 5.21 Å². The lowest BCUT2D eigenvalue weighted by molar-refractivity contribution is 0.322. The molecule has 5 heteroatoms. The standard InChI is InChI=1S/C12H12ClN3O/c1-8-3-5-10(6-4-8)16-12(13)11(7-14-17)9(2)15-16/h3-7,17H,1-2H3. The molecule has 2 rings (SSSR count). The van der Waals surface area contributed by atoms with Gasteiger partial charge in [0.2, 0.25) is 0 Å². The van der Waals surface area contributed by atoms with E-state index < -0.39 is 0 Å². The second kappa shape index (κ2) is 4.59. The van der Waals surface area contributed by atoms with Crippen molar-refractivity contribution in [3.05, 3.63) is 46.2 Å². The quantitative estimate of drug-likeness (QED) is 0.505. The van der Waals surface area contributed by atoms with Crippen LogP contribution in [0.2, 0.25) is 5.15 Å². The van der Waals surface area contributed by atoms with Crippen LogP contribution >= 0.6 is 11.6 Å². The highest BCUT2D eigenvalue weighted by atomic mass is 35.5. The summed E-state index contributed by atoms with van der Waals surface area (Å²) in [4.78, 5) is 0. The van der Waals surface area contributed by atoms with E-state index in [9.17, 15) is 0 Å². The molecule has 17 heavy (non-hydrogen) atoms. The van der Waals surface area contributed by atoms with E-state index in [1.807, 2.05) is 38.1 Å². The number of rotatable bonds is 2. The van der Waals surface area contributed by atoms with Crippen molar-refractivity contribution in [2.45, 2.75) is 13.8 Å². The zero-order valence-electron chi connectivity index (χ0n) is 9.55. The predicted molar refractivity (Wildman–Crippen MR) is 67.4 cm³/mol. The van der Waals surface area contributed by atoms with Gasteiger partial charge in [0, 0.05) is 0 Å². The number of hydrogen-bond donors (Lipinski definition) is 1. The zero-order valence-corrected chi connectivity index (χ0v) is 10.3. The molecule has 4 nitrogen and oxygen atoms in total. The van der Waals surface area contributed by atoms with Gasteiger partial charge in [0.25, 0.3) is 0 Å². The van der Waals surface area contributed by atoms with Crippen LogP contribution in [0.15, 0.2) is 29.4 Å². The van der Waals surface area contributed by atoms with Crippen LogP contribution in [0.1, 0.15) is 16.8 Å². The number of oxime groups is 1. The number of halogens is 1.